The van der Waals surface area contributed by atoms with Gasteiger partial charge in [0.15, 0.2) is 0 Å². The fourth-order valence-electron chi connectivity index (χ4n) is 1.73. The van der Waals surface area contributed by atoms with Gasteiger partial charge in [-0.05, 0) is 18.8 Å². The van der Waals surface area contributed by atoms with E-state index in [4.69, 9.17) is 9.84 Å². The van der Waals surface area contributed by atoms with Gasteiger partial charge in [-0.25, -0.2) is 4.79 Å². The number of ether oxygens (including phenoxy) is 1. The lowest BCUT2D eigenvalue weighted by Crippen LogP contribution is -2.41. The van der Waals surface area contributed by atoms with E-state index in [9.17, 15) is 9.59 Å². The van der Waals surface area contributed by atoms with Crippen molar-refractivity contribution in [3.63, 3.8) is 0 Å². The normalized spacial score (nSPS) is 12.3. The minimum absolute atomic E-state index is 0.168. The highest BCUT2D eigenvalue weighted by molar-refractivity contribution is 5.75. The molecule has 0 radical (unpaired) electrons. The molecular weight excluding hydrogens is 248 g/mol. The number of carboxylic acids is 1. The van der Waals surface area contributed by atoms with Crippen molar-refractivity contribution in [1.82, 2.24) is 10.2 Å². The predicted octanol–water partition coefficient (Wildman–Crippen LogP) is 1.41. The molecule has 0 aromatic rings. The highest BCUT2D eigenvalue weighted by Crippen LogP contribution is 2.11. The Balaban J connectivity index is 4.06. The summed E-state index contributed by atoms with van der Waals surface area (Å²) in [7, 11) is 3.30. The van der Waals surface area contributed by atoms with Crippen LogP contribution in [0.5, 0.6) is 0 Å². The summed E-state index contributed by atoms with van der Waals surface area (Å²) in [6, 6.07) is -0.244. The van der Waals surface area contributed by atoms with Gasteiger partial charge in [-0.3, -0.25) is 4.79 Å². The van der Waals surface area contributed by atoms with Crippen LogP contribution in [0.25, 0.3) is 0 Å². The molecule has 0 saturated carbocycles. The van der Waals surface area contributed by atoms with Crippen LogP contribution >= 0.6 is 0 Å². The topological polar surface area (TPSA) is 78.9 Å². The van der Waals surface area contributed by atoms with Crippen molar-refractivity contribution in [3.8, 4) is 0 Å². The third kappa shape index (κ3) is 8.42. The monoisotopic (exact) mass is 274 g/mol. The number of hydrogen-bond acceptors (Lipinski definition) is 3. The summed E-state index contributed by atoms with van der Waals surface area (Å²) in [5.41, 5.74) is 0. The Morgan fingerprint density at radius 1 is 1.37 bits per heavy atom. The molecule has 0 aliphatic rings. The molecule has 19 heavy (non-hydrogen) atoms. The van der Waals surface area contributed by atoms with Gasteiger partial charge in [0, 0.05) is 33.9 Å². The second-order valence-electron chi connectivity index (χ2n) is 5.12. The van der Waals surface area contributed by atoms with E-state index >= 15 is 0 Å². The molecule has 0 aliphatic heterocycles. The molecule has 0 aromatic heterocycles. The van der Waals surface area contributed by atoms with E-state index in [1.807, 2.05) is 13.8 Å². The van der Waals surface area contributed by atoms with Gasteiger partial charge in [0.2, 0.25) is 0 Å². The molecule has 1 unspecified atom stereocenters. The molecule has 0 aliphatic carbocycles. The molecule has 2 amide bonds. The summed E-state index contributed by atoms with van der Waals surface area (Å²) < 4.78 is 4.91. The van der Waals surface area contributed by atoms with Crippen LogP contribution in [0.3, 0.4) is 0 Å². The lowest BCUT2D eigenvalue weighted by Gasteiger charge is -2.20. The number of aliphatic carboxylic acids is 1. The second-order valence-corrected chi connectivity index (χ2v) is 5.12. The Bertz CT molecular complexity index is 282. The quantitative estimate of drug-likeness (QED) is 0.623. The van der Waals surface area contributed by atoms with Crippen molar-refractivity contribution >= 4 is 12.0 Å². The summed E-state index contributed by atoms with van der Waals surface area (Å²) in [5, 5.41) is 11.7. The first-order valence-electron chi connectivity index (χ1n) is 6.59. The molecule has 0 bridgehead atoms. The third-order valence-corrected chi connectivity index (χ3v) is 2.79. The standard InChI is InChI=1S/C13H26N2O4/c1-10(2)8-11(12(16)17)9-14-13(18)15(3)6-5-7-19-4/h10-11H,5-9H2,1-4H3,(H,14,18)(H,16,17). The minimum Gasteiger partial charge on any atom is -0.481 e. The molecule has 6 nitrogen and oxygen atoms in total. The molecular formula is C13H26N2O4. The Kier molecular flexibility index (Phi) is 8.95. The van der Waals surface area contributed by atoms with Crippen molar-refractivity contribution in [2.24, 2.45) is 11.8 Å². The Hall–Kier alpha value is -1.30. The van der Waals surface area contributed by atoms with Crippen LogP contribution in [0.4, 0.5) is 4.79 Å². The SMILES string of the molecule is COCCCN(C)C(=O)NCC(CC(C)C)C(=O)O. The van der Waals surface area contributed by atoms with E-state index < -0.39 is 11.9 Å². The van der Waals surface area contributed by atoms with Crippen LogP contribution in [-0.2, 0) is 9.53 Å². The van der Waals surface area contributed by atoms with Crippen molar-refractivity contribution in [3.05, 3.63) is 0 Å². The Morgan fingerprint density at radius 3 is 2.47 bits per heavy atom. The average molecular weight is 274 g/mol. The van der Waals surface area contributed by atoms with Gasteiger partial charge in [0.25, 0.3) is 0 Å². The summed E-state index contributed by atoms with van der Waals surface area (Å²) in [6.07, 6.45) is 1.32. The van der Waals surface area contributed by atoms with Gasteiger partial charge in [-0.2, -0.15) is 0 Å². The molecule has 1 atom stereocenters. The molecule has 0 aromatic carbocycles. The van der Waals surface area contributed by atoms with E-state index in [1.54, 1.807) is 14.2 Å². The number of methoxy groups -OCH3 is 1. The number of carboxylic acid groups (broad SMARTS) is 1. The van der Waals surface area contributed by atoms with E-state index in [-0.39, 0.29) is 18.5 Å². The fraction of sp³-hybridized carbons (Fsp3) is 0.846. The first kappa shape index (κ1) is 17.7. The number of rotatable bonds is 9. The van der Waals surface area contributed by atoms with E-state index in [0.29, 0.717) is 19.6 Å². The lowest BCUT2D eigenvalue weighted by atomic mass is 9.97. The van der Waals surface area contributed by atoms with Gasteiger partial charge in [0.1, 0.15) is 0 Å². The van der Waals surface area contributed by atoms with Crippen LogP contribution in [0.15, 0.2) is 0 Å². The van der Waals surface area contributed by atoms with Crippen LogP contribution in [0.1, 0.15) is 26.7 Å². The predicted molar refractivity (Wildman–Crippen MR) is 73.1 cm³/mol. The molecule has 112 valence electrons. The summed E-state index contributed by atoms with van der Waals surface area (Å²) in [6.45, 7) is 5.29. The molecule has 6 heteroatoms. The molecule has 0 heterocycles. The van der Waals surface area contributed by atoms with E-state index in [1.165, 1.54) is 4.90 Å². The highest BCUT2D eigenvalue weighted by Gasteiger charge is 2.20. The van der Waals surface area contributed by atoms with Gasteiger partial charge < -0.3 is 20.1 Å². The third-order valence-electron chi connectivity index (χ3n) is 2.79. The highest BCUT2D eigenvalue weighted by atomic mass is 16.5. The molecule has 0 rings (SSSR count). The first-order valence-corrected chi connectivity index (χ1v) is 6.59. The lowest BCUT2D eigenvalue weighted by molar-refractivity contribution is -0.142. The largest absolute Gasteiger partial charge is 0.481 e. The van der Waals surface area contributed by atoms with Crippen molar-refractivity contribution in [2.45, 2.75) is 26.7 Å². The number of carbonyl (C=O) groups is 2. The fourth-order valence-corrected chi connectivity index (χ4v) is 1.73. The van der Waals surface area contributed by atoms with Crippen molar-refractivity contribution in [1.29, 1.82) is 0 Å². The van der Waals surface area contributed by atoms with Gasteiger partial charge in [-0.15, -0.1) is 0 Å². The Labute approximate surface area is 115 Å². The minimum atomic E-state index is -0.865. The number of hydrogen-bond donors (Lipinski definition) is 2. The maximum Gasteiger partial charge on any atom is 0.317 e. The number of nitrogens with one attached hydrogen (secondary N) is 1. The van der Waals surface area contributed by atoms with E-state index in [0.717, 1.165) is 6.42 Å². The average Bonchev–Trinajstić information content (AvgIpc) is 2.33. The zero-order chi connectivity index (χ0) is 14.8. The maximum atomic E-state index is 11.7. The molecule has 0 saturated heterocycles. The zero-order valence-corrected chi connectivity index (χ0v) is 12.3. The summed E-state index contributed by atoms with van der Waals surface area (Å²) in [5.74, 6) is -1.11. The maximum absolute atomic E-state index is 11.7. The van der Waals surface area contributed by atoms with Crippen LogP contribution < -0.4 is 5.32 Å². The first-order chi connectivity index (χ1) is 8.88. The van der Waals surface area contributed by atoms with Crippen LogP contribution in [0.2, 0.25) is 0 Å². The summed E-state index contributed by atoms with van der Waals surface area (Å²) in [4.78, 5) is 24.3. The molecule has 2 N–H and O–H groups in total. The van der Waals surface area contributed by atoms with Crippen molar-refractivity contribution < 1.29 is 19.4 Å². The van der Waals surface area contributed by atoms with Gasteiger partial charge >= 0.3 is 12.0 Å². The number of carbonyl (C=O) groups excluding carboxylic acids is 1. The number of nitrogens with zero attached hydrogens (tertiary/aromatic N) is 1. The smallest absolute Gasteiger partial charge is 0.317 e. The number of urea groups is 1. The Morgan fingerprint density at radius 2 is 2.00 bits per heavy atom. The zero-order valence-electron chi connectivity index (χ0n) is 12.3. The van der Waals surface area contributed by atoms with Crippen LogP contribution in [-0.4, -0.2) is 55.9 Å². The number of amides is 2. The molecule has 0 fully saturated rings. The van der Waals surface area contributed by atoms with E-state index in [2.05, 4.69) is 5.32 Å². The molecule has 0 spiro atoms. The second kappa shape index (κ2) is 9.61. The van der Waals surface area contributed by atoms with Crippen molar-refractivity contribution in [2.75, 3.05) is 33.9 Å². The van der Waals surface area contributed by atoms with Crippen LogP contribution in [0, 0.1) is 11.8 Å². The van der Waals surface area contributed by atoms with Gasteiger partial charge in [-0.1, -0.05) is 13.8 Å². The summed E-state index contributed by atoms with van der Waals surface area (Å²) >= 11 is 0. The van der Waals surface area contributed by atoms with Gasteiger partial charge in [0.05, 0.1) is 5.92 Å².